The number of nitrogens with zero attached hydrogens (tertiary/aromatic N) is 1. The van der Waals surface area contributed by atoms with Crippen molar-refractivity contribution in [3.63, 3.8) is 0 Å². The summed E-state index contributed by atoms with van der Waals surface area (Å²) in [5.41, 5.74) is 18.8. The molecule has 52 heavy (non-hydrogen) atoms. The summed E-state index contributed by atoms with van der Waals surface area (Å²) in [6.45, 7) is 4.70. The number of hydrogen-bond acceptors (Lipinski definition) is 1. The average molecular weight is 668 g/mol. The lowest BCUT2D eigenvalue weighted by molar-refractivity contribution is 0.660. The summed E-state index contributed by atoms with van der Waals surface area (Å²) in [6.07, 6.45) is 10.7. The van der Waals surface area contributed by atoms with Crippen molar-refractivity contribution in [2.75, 3.05) is 4.90 Å². The van der Waals surface area contributed by atoms with Gasteiger partial charge in [0.25, 0.3) is 0 Å². The topological polar surface area (TPSA) is 3.24 Å². The Morgan fingerprint density at radius 2 is 0.923 bits per heavy atom. The maximum atomic E-state index is 2.48. The predicted molar refractivity (Wildman–Crippen MR) is 221 cm³/mol. The van der Waals surface area contributed by atoms with Crippen LogP contribution in [0.4, 0.5) is 17.1 Å². The van der Waals surface area contributed by atoms with Crippen LogP contribution in [0.2, 0.25) is 0 Å². The van der Waals surface area contributed by atoms with Gasteiger partial charge in [0, 0.05) is 22.4 Å². The zero-order valence-electron chi connectivity index (χ0n) is 29.8. The minimum absolute atomic E-state index is 0.0602. The van der Waals surface area contributed by atoms with Crippen LogP contribution in [-0.4, -0.2) is 0 Å². The second-order valence-electron chi connectivity index (χ2n) is 14.4. The van der Waals surface area contributed by atoms with E-state index in [-0.39, 0.29) is 5.41 Å². The van der Waals surface area contributed by atoms with E-state index >= 15 is 0 Å². The van der Waals surface area contributed by atoms with E-state index in [4.69, 9.17) is 0 Å². The van der Waals surface area contributed by atoms with Crippen LogP contribution in [-0.2, 0) is 18.3 Å². The second kappa shape index (κ2) is 13.2. The molecule has 250 valence electrons. The monoisotopic (exact) mass is 667 g/mol. The van der Waals surface area contributed by atoms with Crippen LogP contribution in [0.25, 0.3) is 44.5 Å². The largest absolute Gasteiger partial charge is 0.310 e. The molecule has 7 aromatic carbocycles. The van der Waals surface area contributed by atoms with Gasteiger partial charge in [-0.2, -0.15) is 0 Å². The lowest BCUT2D eigenvalue weighted by Gasteiger charge is -2.30. The van der Waals surface area contributed by atoms with Crippen LogP contribution < -0.4 is 4.90 Å². The molecule has 0 bridgehead atoms. The first-order valence-electron chi connectivity index (χ1n) is 18.4. The van der Waals surface area contributed by atoms with E-state index in [1.54, 1.807) is 0 Å². The van der Waals surface area contributed by atoms with E-state index in [1.165, 1.54) is 66.8 Å². The quantitative estimate of drug-likeness (QED) is 0.181. The van der Waals surface area contributed by atoms with E-state index in [1.807, 2.05) is 0 Å². The predicted octanol–water partition coefficient (Wildman–Crippen LogP) is 13.7. The van der Waals surface area contributed by atoms with Gasteiger partial charge in [0.1, 0.15) is 0 Å². The third kappa shape index (κ3) is 5.50. The third-order valence-corrected chi connectivity index (χ3v) is 11.0. The fourth-order valence-corrected chi connectivity index (χ4v) is 8.40. The molecule has 1 heteroatoms. The number of benzene rings is 7. The Labute approximate surface area is 307 Å². The number of fused-ring (bicyclic) bond motifs is 8. The molecule has 0 fully saturated rings. The molecular formula is C51H41N. The van der Waals surface area contributed by atoms with E-state index in [2.05, 4.69) is 207 Å². The molecule has 2 aliphatic carbocycles. The number of allylic oxidation sites excluding steroid dienone is 4. The second-order valence-corrected chi connectivity index (χ2v) is 14.4. The van der Waals surface area contributed by atoms with Gasteiger partial charge in [-0.1, -0.05) is 172 Å². The standard InChI is InChI=1S/C51H41N/c1-51(2)48-28-16-14-27-45(48)47-35-40(31-33-49(47)51)52(50-29-17-15-26-43(50)38-20-8-5-9-21-38)39-30-32-44-41-24-12-10-22-36(41)18-6-3-4-7-19-37-23-11-13-25-42(37)46(44)34-39/h3-17,20-35H,18-19H2,1-2H3. The summed E-state index contributed by atoms with van der Waals surface area (Å²) in [6, 6.07) is 60.6. The van der Waals surface area contributed by atoms with Crippen LogP contribution in [0, 0.1) is 0 Å². The van der Waals surface area contributed by atoms with Crippen molar-refractivity contribution in [2.24, 2.45) is 0 Å². The van der Waals surface area contributed by atoms with Crippen molar-refractivity contribution in [3.05, 3.63) is 210 Å². The zero-order chi connectivity index (χ0) is 35.1. The van der Waals surface area contributed by atoms with Gasteiger partial charge in [-0.25, -0.2) is 0 Å². The fraction of sp³-hybridized carbons (Fsp3) is 0.0980. The number of para-hydroxylation sites is 1. The first-order chi connectivity index (χ1) is 25.6. The van der Waals surface area contributed by atoms with Crippen molar-refractivity contribution in [3.8, 4) is 44.5 Å². The van der Waals surface area contributed by atoms with E-state index in [9.17, 15) is 0 Å². The summed E-state index contributed by atoms with van der Waals surface area (Å²) < 4.78 is 0. The van der Waals surface area contributed by atoms with Gasteiger partial charge in [-0.05, 0) is 104 Å². The summed E-state index contributed by atoms with van der Waals surface area (Å²) in [7, 11) is 0. The minimum Gasteiger partial charge on any atom is -0.310 e. The van der Waals surface area contributed by atoms with Crippen molar-refractivity contribution in [1.29, 1.82) is 0 Å². The molecule has 7 aromatic rings. The molecule has 0 spiro atoms. The molecule has 0 aromatic heterocycles. The highest BCUT2D eigenvalue weighted by Gasteiger charge is 2.35. The lowest BCUT2D eigenvalue weighted by Crippen LogP contribution is -2.15. The maximum Gasteiger partial charge on any atom is 0.0540 e. The lowest BCUT2D eigenvalue weighted by atomic mass is 9.82. The van der Waals surface area contributed by atoms with Gasteiger partial charge < -0.3 is 4.90 Å². The maximum absolute atomic E-state index is 2.48. The Balaban J connectivity index is 1.32. The number of rotatable bonds is 4. The molecule has 0 heterocycles. The van der Waals surface area contributed by atoms with Gasteiger partial charge in [0.05, 0.1) is 5.69 Å². The Kier molecular flexibility index (Phi) is 8.05. The molecule has 1 nitrogen and oxygen atoms in total. The highest BCUT2D eigenvalue weighted by Crippen LogP contribution is 2.52. The molecule has 0 N–H and O–H groups in total. The van der Waals surface area contributed by atoms with Crippen LogP contribution in [0.15, 0.2) is 188 Å². The first-order valence-corrected chi connectivity index (χ1v) is 18.4. The molecule has 0 amide bonds. The number of hydrogen-bond donors (Lipinski definition) is 0. The molecule has 0 saturated carbocycles. The molecule has 0 atom stereocenters. The van der Waals surface area contributed by atoms with E-state index < -0.39 is 0 Å². The van der Waals surface area contributed by atoms with E-state index in [0.29, 0.717) is 0 Å². The molecule has 0 saturated heterocycles. The zero-order valence-corrected chi connectivity index (χ0v) is 29.8. The van der Waals surface area contributed by atoms with Crippen molar-refractivity contribution < 1.29 is 0 Å². The molecule has 0 aliphatic heterocycles. The SMILES string of the molecule is CC1(C)c2ccccc2-c2cc(N(c3ccc4c(c3)-c3ccccc3CC=CC=CCc3ccccc3-4)c3ccccc3-c3ccccc3)ccc21. The molecule has 0 radical (unpaired) electrons. The smallest absolute Gasteiger partial charge is 0.0540 e. The highest BCUT2D eigenvalue weighted by molar-refractivity contribution is 5.95. The Bertz CT molecular complexity index is 2500. The van der Waals surface area contributed by atoms with Crippen molar-refractivity contribution >= 4 is 17.1 Å². The third-order valence-electron chi connectivity index (χ3n) is 11.0. The molecular weight excluding hydrogens is 627 g/mol. The van der Waals surface area contributed by atoms with E-state index in [0.717, 1.165) is 29.9 Å². The first kappa shape index (κ1) is 31.8. The van der Waals surface area contributed by atoms with Crippen LogP contribution in [0.5, 0.6) is 0 Å². The summed E-state index contributed by atoms with van der Waals surface area (Å²) in [4.78, 5) is 2.48. The normalized spacial score (nSPS) is 13.8. The molecule has 0 unspecified atom stereocenters. The van der Waals surface area contributed by atoms with Gasteiger partial charge >= 0.3 is 0 Å². The van der Waals surface area contributed by atoms with Gasteiger partial charge in [0.15, 0.2) is 0 Å². The number of anilines is 3. The van der Waals surface area contributed by atoms with Crippen LogP contribution in [0.1, 0.15) is 36.1 Å². The summed E-state index contributed by atoms with van der Waals surface area (Å²) >= 11 is 0. The van der Waals surface area contributed by atoms with Crippen LogP contribution >= 0.6 is 0 Å². The fourth-order valence-electron chi connectivity index (χ4n) is 8.40. The molecule has 2 aliphatic rings. The highest BCUT2D eigenvalue weighted by atomic mass is 15.1. The van der Waals surface area contributed by atoms with Gasteiger partial charge in [-0.3, -0.25) is 0 Å². The summed E-state index contributed by atoms with van der Waals surface area (Å²) in [5.74, 6) is 0. The Morgan fingerprint density at radius 1 is 0.404 bits per heavy atom. The Hall–Kier alpha value is -6.18. The van der Waals surface area contributed by atoms with Crippen LogP contribution in [0.3, 0.4) is 0 Å². The van der Waals surface area contributed by atoms with Crippen molar-refractivity contribution in [2.45, 2.75) is 32.1 Å². The minimum atomic E-state index is -0.0602. The average Bonchev–Trinajstić information content (AvgIpc) is 3.42. The Morgan fingerprint density at radius 3 is 1.63 bits per heavy atom. The van der Waals surface area contributed by atoms with Gasteiger partial charge in [0.2, 0.25) is 0 Å². The molecule has 9 rings (SSSR count). The van der Waals surface area contributed by atoms with Gasteiger partial charge in [-0.15, -0.1) is 0 Å². The van der Waals surface area contributed by atoms with Crippen molar-refractivity contribution in [1.82, 2.24) is 0 Å². The summed E-state index contributed by atoms with van der Waals surface area (Å²) in [5, 5.41) is 0.